The Morgan fingerprint density at radius 3 is 2.42 bits per heavy atom. The first kappa shape index (κ1) is 19.9. The van der Waals surface area contributed by atoms with E-state index in [1.54, 1.807) is 19.2 Å². The fourth-order valence-corrected chi connectivity index (χ4v) is 3.29. The maximum atomic E-state index is 12.5. The lowest BCUT2D eigenvalue weighted by molar-refractivity contribution is -0.297. The number of carboxylic acids is 1. The number of hydrogen-bond acceptors (Lipinski definition) is 6. The van der Waals surface area contributed by atoms with Gasteiger partial charge >= 0.3 is 5.97 Å². The van der Waals surface area contributed by atoms with E-state index in [2.05, 4.69) is 21.2 Å². The predicted molar refractivity (Wildman–Crippen MR) is 101 cm³/mol. The summed E-state index contributed by atoms with van der Waals surface area (Å²) in [5, 5.41) is 14.9. The highest BCUT2D eigenvalue weighted by atomic mass is 79.9. The molecular weight excluding hydrogens is 422 g/mol. The Morgan fingerprint density at radius 2 is 1.85 bits per heavy atom. The van der Waals surface area contributed by atoms with Crippen LogP contribution in [-0.2, 0) is 14.3 Å². The highest BCUT2D eigenvalue weighted by molar-refractivity contribution is 9.10. The van der Waals surface area contributed by atoms with Crippen LogP contribution in [0, 0.1) is 0 Å². The monoisotopic (exact) mass is 436 g/mol. The fraction of sp³-hybridized carbons (Fsp3) is 0.167. The lowest BCUT2D eigenvalue weighted by Gasteiger charge is -2.11. The molecule has 2 aromatic rings. The minimum atomic E-state index is -1.48. The molecule has 8 heteroatoms. The van der Waals surface area contributed by atoms with Gasteiger partial charge in [0, 0.05) is 21.5 Å². The smallest absolute Gasteiger partial charge is 0.342 e. The Bertz CT molecular complexity index is 855. The van der Waals surface area contributed by atoms with Gasteiger partial charge in [-0.2, -0.15) is 0 Å². The third-order valence-electron chi connectivity index (χ3n) is 3.10. The fourth-order valence-electron chi connectivity index (χ4n) is 2.06. The molecule has 0 bridgehead atoms. The molecule has 0 aliphatic carbocycles. The minimum Gasteiger partial charge on any atom is -0.545 e. The first-order valence-electron chi connectivity index (χ1n) is 7.56. The average molecular weight is 437 g/mol. The van der Waals surface area contributed by atoms with E-state index >= 15 is 0 Å². The molecule has 0 aliphatic heterocycles. The van der Waals surface area contributed by atoms with Crippen LogP contribution in [0.4, 0.5) is 5.00 Å². The molecule has 0 atom stereocenters. The normalized spacial score (nSPS) is 10.9. The molecule has 0 aliphatic rings. The summed E-state index contributed by atoms with van der Waals surface area (Å²) < 4.78 is 6.18. The van der Waals surface area contributed by atoms with Crippen molar-refractivity contribution in [2.75, 3.05) is 5.32 Å². The van der Waals surface area contributed by atoms with E-state index in [-0.39, 0.29) is 16.7 Å². The lowest BCUT2D eigenvalue weighted by Crippen LogP contribution is -2.20. The number of thiophene rings is 1. The van der Waals surface area contributed by atoms with Crippen molar-refractivity contribution in [1.82, 2.24) is 0 Å². The van der Waals surface area contributed by atoms with Crippen LogP contribution in [0.3, 0.4) is 0 Å². The zero-order chi connectivity index (χ0) is 19.3. The second-order valence-corrected chi connectivity index (χ2v) is 7.25. The standard InChI is InChI=1S/C18H16BrNO5S/c1-10(2)25-18(24)16-13(11-3-5-12(19)6-4-11)9-26-17(16)20-14(21)7-8-15(22)23/h3-10H,1-2H3,(H,20,21)(H,22,23)/p-1/b8-7+. The number of carboxylic acid groups (broad SMARTS) is 1. The summed E-state index contributed by atoms with van der Waals surface area (Å²) in [4.78, 5) is 34.8. The van der Waals surface area contributed by atoms with Crippen LogP contribution in [0.25, 0.3) is 11.1 Å². The molecular formula is C18H15BrNO5S-. The molecule has 0 saturated heterocycles. The number of ether oxygens (including phenoxy) is 1. The van der Waals surface area contributed by atoms with E-state index in [1.807, 2.05) is 24.3 Å². The number of carbonyl (C=O) groups excluding carboxylic acids is 3. The topological polar surface area (TPSA) is 95.5 Å². The molecule has 26 heavy (non-hydrogen) atoms. The number of benzene rings is 1. The number of nitrogens with one attached hydrogen (secondary N) is 1. The molecule has 1 amide bonds. The number of anilines is 1. The van der Waals surface area contributed by atoms with Crippen LogP contribution in [-0.4, -0.2) is 23.9 Å². The third-order valence-corrected chi connectivity index (χ3v) is 4.52. The molecule has 0 saturated carbocycles. The maximum Gasteiger partial charge on any atom is 0.342 e. The van der Waals surface area contributed by atoms with E-state index in [0.717, 1.165) is 27.4 Å². The number of carbonyl (C=O) groups is 3. The number of aliphatic carboxylic acids is 1. The van der Waals surface area contributed by atoms with Gasteiger partial charge in [-0.05, 0) is 37.6 Å². The van der Waals surface area contributed by atoms with Crippen LogP contribution < -0.4 is 10.4 Å². The Balaban J connectivity index is 2.41. The number of halogens is 1. The molecule has 1 N–H and O–H groups in total. The summed E-state index contributed by atoms with van der Waals surface area (Å²) in [5.74, 6) is -2.74. The molecule has 0 spiro atoms. The van der Waals surface area contributed by atoms with Crippen molar-refractivity contribution >= 4 is 50.1 Å². The van der Waals surface area contributed by atoms with Gasteiger partial charge in [0.05, 0.1) is 12.1 Å². The molecule has 0 radical (unpaired) electrons. The van der Waals surface area contributed by atoms with Gasteiger partial charge in [0.1, 0.15) is 10.6 Å². The van der Waals surface area contributed by atoms with Crippen LogP contribution in [0.2, 0.25) is 0 Å². The van der Waals surface area contributed by atoms with Gasteiger partial charge in [-0.3, -0.25) is 4.79 Å². The number of rotatable bonds is 6. The summed E-state index contributed by atoms with van der Waals surface area (Å²) in [6, 6.07) is 7.34. The summed E-state index contributed by atoms with van der Waals surface area (Å²) in [5.41, 5.74) is 1.62. The summed E-state index contributed by atoms with van der Waals surface area (Å²) in [6.07, 6.45) is 1.11. The second kappa shape index (κ2) is 8.77. The molecule has 6 nitrogen and oxygen atoms in total. The zero-order valence-electron chi connectivity index (χ0n) is 13.9. The van der Waals surface area contributed by atoms with Gasteiger partial charge in [0.25, 0.3) is 0 Å². The van der Waals surface area contributed by atoms with Crippen LogP contribution in [0.15, 0.2) is 46.3 Å². The molecule has 0 unspecified atom stereocenters. The molecule has 136 valence electrons. The number of hydrogen-bond donors (Lipinski definition) is 1. The zero-order valence-corrected chi connectivity index (χ0v) is 16.3. The van der Waals surface area contributed by atoms with Crippen molar-refractivity contribution in [3.63, 3.8) is 0 Å². The summed E-state index contributed by atoms with van der Waals surface area (Å²) in [7, 11) is 0. The number of amides is 1. The average Bonchev–Trinajstić information content (AvgIpc) is 2.96. The molecule has 2 rings (SSSR count). The molecule has 1 aromatic heterocycles. The Hall–Kier alpha value is -2.45. The van der Waals surface area contributed by atoms with E-state index < -0.39 is 17.8 Å². The largest absolute Gasteiger partial charge is 0.545 e. The SMILES string of the molecule is CC(C)OC(=O)c1c(-c2ccc(Br)cc2)csc1NC(=O)/C=C/C(=O)[O-]. The van der Waals surface area contributed by atoms with Crippen molar-refractivity contribution in [1.29, 1.82) is 0 Å². The van der Waals surface area contributed by atoms with Crippen LogP contribution in [0.1, 0.15) is 24.2 Å². The Kier molecular flexibility index (Phi) is 6.70. The third kappa shape index (κ3) is 5.27. The van der Waals surface area contributed by atoms with Gasteiger partial charge in [-0.1, -0.05) is 28.1 Å². The van der Waals surface area contributed by atoms with Crippen LogP contribution in [0.5, 0.6) is 0 Å². The van der Waals surface area contributed by atoms with E-state index in [9.17, 15) is 19.5 Å². The summed E-state index contributed by atoms with van der Waals surface area (Å²) in [6.45, 7) is 3.45. The molecule has 1 heterocycles. The minimum absolute atomic E-state index is 0.223. The van der Waals surface area contributed by atoms with Gasteiger partial charge in [-0.15, -0.1) is 11.3 Å². The Labute approximate surface area is 162 Å². The van der Waals surface area contributed by atoms with E-state index in [1.165, 1.54) is 0 Å². The summed E-state index contributed by atoms with van der Waals surface area (Å²) >= 11 is 4.51. The first-order chi connectivity index (χ1) is 12.3. The van der Waals surface area contributed by atoms with Gasteiger partial charge in [-0.25, -0.2) is 4.79 Å². The van der Waals surface area contributed by atoms with Gasteiger partial charge in [0.2, 0.25) is 5.91 Å². The van der Waals surface area contributed by atoms with Crippen LogP contribution >= 0.6 is 27.3 Å². The van der Waals surface area contributed by atoms with E-state index in [0.29, 0.717) is 11.6 Å². The van der Waals surface area contributed by atoms with Crippen molar-refractivity contribution in [2.24, 2.45) is 0 Å². The molecule has 1 aromatic carbocycles. The Morgan fingerprint density at radius 1 is 1.19 bits per heavy atom. The maximum absolute atomic E-state index is 12.5. The van der Waals surface area contributed by atoms with Crippen molar-refractivity contribution in [3.05, 3.63) is 51.8 Å². The quantitative estimate of drug-likeness (QED) is 0.554. The second-order valence-electron chi connectivity index (χ2n) is 5.46. The van der Waals surface area contributed by atoms with Gasteiger partial charge in [0.15, 0.2) is 0 Å². The highest BCUT2D eigenvalue weighted by Gasteiger charge is 2.23. The molecule has 0 fully saturated rings. The highest BCUT2D eigenvalue weighted by Crippen LogP contribution is 2.36. The number of esters is 1. The van der Waals surface area contributed by atoms with Gasteiger partial charge < -0.3 is 20.0 Å². The van der Waals surface area contributed by atoms with Crippen molar-refractivity contribution < 1.29 is 24.2 Å². The predicted octanol–water partition coefficient (Wildman–Crippen LogP) is 2.99. The van der Waals surface area contributed by atoms with Crippen molar-refractivity contribution in [2.45, 2.75) is 20.0 Å². The van der Waals surface area contributed by atoms with Crippen molar-refractivity contribution in [3.8, 4) is 11.1 Å². The lowest BCUT2D eigenvalue weighted by atomic mass is 10.0. The first-order valence-corrected chi connectivity index (χ1v) is 9.23. The van der Waals surface area contributed by atoms with E-state index in [4.69, 9.17) is 4.74 Å².